The minimum atomic E-state index is -0.959. The van der Waals surface area contributed by atoms with Gasteiger partial charge in [-0.1, -0.05) is 0 Å². The summed E-state index contributed by atoms with van der Waals surface area (Å²) in [4.78, 5) is 26.3. The number of halogens is 2. The third-order valence-electron chi connectivity index (χ3n) is 5.06. The van der Waals surface area contributed by atoms with Crippen LogP contribution < -0.4 is 20.1 Å². The SMILES string of the molecule is C[NH2+]C=CC(=N)NC(=O)c1cc(Oc2cc(F)c(C(=O)N3CCC3)cc2F)cc(OC(C)CO)c1. The zero-order valence-electron chi connectivity index (χ0n) is 19.3. The lowest BCUT2D eigenvalue weighted by atomic mass is 10.1. The van der Waals surface area contributed by atoms with Crippen LogP contribution in [0, 0.1) is 17.0 Å². The molecule has 0 aliphatic carbocycles. The van der Waals surface area contributed by atoms with Gasteiger partial charge in [0.15, 0.2) is 11.6 Å². The molecule has 1 aliphatic rings. The Bertz CT molecular complexity index is 1150. The molecule has 1 fully saturated rings. The number of rotatable bonds is 9. The van der Waals surface area contributed by atoms with E-state index in [1.54, 1.807) is 25.5 Å². The fourth-order valence-electron chi connectivity index (χ4n) is 3.12. The lowest BCUT2D eigenvalue weighted by Crippen LogP contribution is -2.72. The number of ether oxygens (including phenoxy) is 2. The minimum absolute atomic E-state index is 0.0201. The van der Waals surface area contributed by atoms with Crippen LogP contribution in [0.3, 0.4) is 0 Å². The first kappa shape index (κ1) is 25.8. The third-order valence-corrected chi connectivity index (χ3v) is 5.06. The van der Waals surface area contributed by atoms with E-state index in [0.29, 0.717) is 13.1 Å². The average molecular weight is 489 g/mol. The van der Waals surface area contributed by atoms with Gasteiger partial charge in [-0.3, -0.25) is 15.0 Å². The zero-order valence-corrected chi connectivity index (χ0v) is 19.3. The van der Waals surface area contributed by atoms with Crippen molar-refractivity contribution >= 4 is 17.6 Å². The fraction of sp³-hybridized carbons (Fsp3) is 0.292. The molecule has 11 heteroatoms. The molecule has 3 rings (SSSR count). The smallest absolute Gasteiger partial charge is 0.257 e. The Hall–Kier alpha value is -3.83. The van der Waals surface area contributed by atoms with Gasteiger partial charge in [-0.25, -0.2) is 8.78 Å². The van der Waals surface area contributed by atoms with E-state index in [-0.39, 0.29) is 35.1 Å². The molecule has 1 heterocycles. The zero-order chi connectivity index (χ0) is 25.5. The summed E-state index contributed by atoms with van der Waals surface area (Å²) in [6.07, 6.45) is 3.15. The summed E-state index contributed by atoms with van der Waals surface area (Å²) in [6, 6.07) is 5.53. The van der Waals surface area contributed by atoms with E-state index in [4.69, 9.17) is 14.9 Å². The highest BCUT2D eigenvalue weighted by Crippen LogP contribution is 2.31. The van der Waals surface area contributed by atoms with Gasteiger partial charge in [0.1, 0.15) is 29.3 Å². The molecule has 9 nitrogen and oxygen atoms in total. The van der Waals surface area contributed by atoms with Crippen LogP contribution in [0.4, 0.5) is 8.78 Å². The van der Waals surface area contributed by atoms with Gasteiger partial charge < -0.3 is 30.1 Å². The summed E-state index contributed by atoms with van der Waals surface area (Å²) in [5, 5.41) is 21.1. The number of nitrogens with two attached hydrogens (primary N) is 1. The van der Waals surface area contributed by atoms with Gasteiger partial charge in [0.25, 0.3) is 11.8 Å². The molecule has 1 unspecified atom stereocenters. The lowest BCUT2D eigenvalue weighted by molar-refractivity contribution is -0.556. The van der Waals surface area contributed by atoms with Crippen molar-refractivity contribution in [2.24, 2.45) is 0 Å². The molecule has 0 saturated carbocycles. The van der Waals surface area contributed by atoms with Gasteiger partial charge in [0.05, 0.1) is 25.4 Å². The number of likely N-dealkylation sites (tertiary alicyclic amines) is 1. The number of benzene rings is 2. The Morgan fingerprint density at radius 3 is 2.54 bits per heavy atom. The van der Waals surface area contributed by atoms with Gasteiger partial charge in [0, 0.05) is 36.9 Å². The van der Waals surface area contributed by atoms with Crippen LogP contribution in [0.15, 0.2) is 42.6 Å². The Kier molecular flexibility index (Phi) is 8.50. The first-order valence-corrected chi connectivity index (χ1v) is 11.0. The summed E-state index contributed by atoms with van der Waals surface area (Å²) >= 11 is 0. The van der Waals surface area contributed by atoms with Gasteiger partial charge in [-0.05, 0) is 31.5 Å². The van der Waals surface area contributed by atoms with E-state index in [1.165, 1.54) is 29.2 Å². The van der Waals surface area contributed by atoms with E-state index in [0.717, 1.165) is 18.6 Å². The number of nitrogens with one attached hydrogen (secondary N) is 2. The summed E-state index contributed by atoms with van der Waals surface area (Å²) in [7, 11) is 1.76. The fourth-order valence-corrected chi connectivity index (χ4v) is 3.12. The maximum atomic E-state index is 14.7. The number of carbonyl (C=O) groups is 2. The first-order chi connectivity index (χ1) is 16.7. The molecule has 2 aromatic carbocycles. The molecular formula is C24H27F2N4O5+. The highest BCUT2D eigenvalue weighted by atomic mass is 19.1. The van der Waals surface area contributed by atoms with Crippen molar-refractivity contribution in [2.45, 2.75) is 19.4 Å². The molecule has 35 heavy (non-hydrogen) atoms. The minimum Gasteiger partial charge on any atom is -0.488 e. The van der Waals surface area contributed by atoms with E-state index in [1.807, 2.05) is 0 Å². The van der Waals surface area contributed by atoms with Crippen LogP contribution in [-0.4, -0.2) is 60.5 Å². The molecule has 186 valence electrons. The average Bonchev–Trinajstić information content (AvgIpc) is 2.78. The lowest BCUT2D eigenvalue weighted by Gasteiger charge is -2.31. The van der Waals surface area contributed by atoms with Gasteiger partial charge in [-0.2, -0.15) is 0 Å². The highest BCUT2D eigenvalue weighted by molar-refractivity contribution is 6.09. The third kappa shape index (κ3) is 6.61. The summed E-state index contributed by atoms with van der Waals surface area (Å²) in [5.41, 5.74) is -0.369. The van der Waals surface area contributed by atoms with Crippen LogP contribution in [0.5, 0.6) is 17.2 Å². The topological polar surface area (TPSA) is 129 Å². The maximum Gasteiger partial charge on any atom is 0.257 e. The number of aliphatic hydroxyl groups excluding tert-OH is 1. The molecule has 2 amide bonds. The normalized spacial score (nSPS) is 13.8. The predicted molar refractivity (Wildman–Crippen MR) is 123 cm³/mol. The van der Waals surface area contributed by atoms with Crippen molar-refractivity contribution in [2.75, 3.05) is 26.7 Å². The number of aliphatic hydroxyl groups is 1. The largest absolute Gasteiger partial charge is 0.488 e. The van der Waals surface area contributed by atoms with Crippen LogP contribution in [0.1, 0.15) is 34.1 Å². The monoisotopic (exact) mass is 489 g/mol. The number of hydrogen-bond acceptors (Lipinski definition) is 6. The van der Waals surface area contributed by atoms with Crippen LogP contribution in [0.2, 0.25) is 0 Å². The molecule has 0 aromatic heterocycles. The second-order valence-corrected chi connectivity index (χ2v) is 7.87. The van der Waals surface area contributed by atoms with E-state index < -0.39 is 35.3 Å². The molecule has 1 aliphatic heterocycles. The maximum absolute atomic E-state index is 14.7. The van der Waals surface area contributed by atoms with Crippen molar-refractivity contribution in [3.8, 4) is 17.2 Å². The number of amidine groups is 1. The Balaban J connectivity index is 1.89. The standard InChI is InChI=1S/C24H26F2N4O5/c1-14(13-31)34-16-8-15(23(32)29-22(27)4-5-28-2)9-17(10-16)35-21-12-19(25)18(11-20(21)26)24(33)30-6-3-7-30/h4-5,8-12,14,28,31H,3,6-7,13H2,1-2H3,(H2,27,29,32)/p+1. The first-order valence-electron chi connectivity index (χ1n) is 11.0. The van der Waals surface area contributed by atoms with E-state index >= 15 is 0 Å². The van der Waals surface area contributed by atoms with Crippen molar-refractivity contribution in [3.05, 3.63) is 65.4 Å². The van der Waals surface area contributed by atoms with Crippen molar-refractivity contribution < 1.29 is 38.3 Å². The van der Waals surface area contributed by atoms with Crippen molar-refractivity contribution in [1.29, 1.82) is 5.41 Å². The number of quaternary nitrogens is 1. The molecule has 1 atom stereocenters. The summed E-state index contributed by atoms with van der Waals surface area (Å²) in [6.45, 7) is 2.28. The van der Waals surface area contributed by atoms with Crippen LogP contribution in [0.25, 0.3) is 0 Å². The van der Waals surface area contributed by atoms with E-state index in [2.05, 4.69) is 5.32 Å². The van der Waals surface area contributed by atoms with Crippen LogP contribution >= 0.6 is 0 Å². The predicted octanol–water partition coefficient (Wildman–Crippen LogP) is 1.78. The molecule has 0 bridgehead atoms. The number of hydrogen-bond donors (Lipinski definition) is 4. The molecule has 5 N–H and O–H groups in total. The van der Waals surface area contributed by atoms with Gasteiger partial charge in [-0.15, -0.1) is 0 Å². The van der Waals surface area contributed by atoms with Crippen LogP contribution in [-0.2, 0) is 0 Å². The second kappa shape index (κ2) is 11.5. The molecule has 2 aromatic rings. The molecule has 1 saturated heterocycles. The van der Waals surface area contributed by atoms with Crippen molar-refractivity contribution in [3.63, 3.8) is 0 Å². The van der Waals surface area contributed by atoms with Crippen molar-refractivity contribution in [1.82, 2.24) is 10.2 Å². The second-order valence-electron chi connectivity index (χ2n) is 7.87. The Morgan fingerprint density at radius 2 is 1.91 bits per heavy atom. The number of nitrogens with zero attached hydrogens (tertiary/aromatic N) is 1. The van der Waals surface area contributed by atoms with E-state index in [9.17, 15) is 23.5 Å². The summed E-state index contributed by atoms with van der Waals surface area (Å²) in [5.74, 6) is -3.74. The number of carbonyl (C=O) groups excluding carboxylic acids is 2. The molecular weight excluding hydrogens is 462 g/mol. The molecule has 0 spiro atoms. The number of amides is 2. The Labute approximate surface area is 200 Å². The quantitative estimate of drug-likeness (QED) is 0.315. The molecule has 0 radical (unpaired) electrons. The highest BCUT2D eigenvalue weighted by Gasteiger charge is 2.26. The van der Waals surface area contributed by atoms with Gasteiger partial charge in [0.2, 0.25) is 0 Å². The Morgan fingerprint density at radius 1 is 1.20 bits per heavy atom. The summed E-state index contributed by atoms with van der Waals surface area (Å²) < 4.78 is 40.4. The van der Waals surface area contributed by atoms with Gasteiger partial charge >= 0.3 is 0 Å².